The molecule has 3 heteroatoms. The summed E-state index contributed by atoms with van der Waals surface area (Å²) in [5.74, 6) is -0.324. The first-order valence-corrected chi connectivity index (χ1v) is 10.3. The van der Waals surface area contributed by atoms with Crippen LogP contribution in [-0.4, -0.2) is 10.5 Å². The number of hydrogen-bond donors (Lipinski definition) is 1. The molecule has 2 N–H and O–H groups in total. The Morgan fingerprint density at radius 3 is 2.11 bits per heavy atom. The molecule has 27 heavy (non-hydrogen) atoms. The van der Waals surface area contributed by atoms with Crippen LogP contribution in [0.15, 0.2) is 24.3 Å². The van der Waals surface area contributed by atoms with E-state index in [1.807, 2.05) is 6.92 Å². The summed E-state index contributed by atoms with van der Waals surface area (Å²) in [5.41, 5.74) is 12.4. The van der Waals surface area contributed by atoms with Gasteiger partial charge < -0.3 is 10.3 Å². The lowest BCUT2D eigenvalue weighted by Crippen LogP contribution is -2.13. The quantitative estimate of drug-likeness (QED) is 0.610. The Balaban J connectivity index is 2.66. The van der Waals surface area contributed by atoms with Gasteiger partial charge in [-0.05, 0) is 42.7 Å². The van der Waals surface area contributed by atoms with E-state index >= 15 is 0 Å². The van der Waals surface area contributed by atoms with E-state index in [9.17, 15) is 4.79 Å². The molecule has 0 aliphatic rings. The molecule has 0 fully saturated rings. The predicted octanol–water partition coefficient (Wildman–Crippen LogP) is 6.00. The van der Waals surface area contributed by atoms with Crippen LogP contribution >= 0.6 is 0 Å². The average molecular weight is 369 g/mol. The van der Waals surface area contributed by atoms with Gasteiger partial charge in [0.25, 0.3) is 5.91 Å². The van der Waals surface area contributed by atoms with Crippen molar-refractivity contribution >= 4 is 5.91 Å². The van der Waals surface area contributed by atoms with Gasteiger partial charge in [-0.2, -0.15) is 0 Å². The summed E-state index contributed by atoms with van der Waals surface area (Å²) in [5, 5.41) is 0. The lowest BCUT2D eigenvalue weighted by atomic mass is 9.86. The third kappa shape index (κ3) is 4.63. The molecule has 0 atom stereocenters. The maximum atomic E-state index is 12.4. The van der Waals surface area contributed by atoms with E-state index in [0.717, 1.165) is 55.5 Å². The Hall–Kier alpha value is -2.03. The highest BCUT2D eigenvalue weighted by Gasteiger charge is 2.24. The van der Waals surface area contributed by atoms with E-state index in [2.05, 4.69) is 63.5 Å². The summed E-state index contributed by atoms with van der Waals surface area (Å²) in [7, 11) is 0. The SMILES string of the molecule is CCCCc1c(-c2ccc(C(C)(C)C)cc2)c(C(N)=O)c(C)n1CCCC. The lowest BCUT2D eigenvalue weighted by Gasteiger charge is -2.19. The molecule has 0 saturated heterocycles. The van der Waals surface area contributed by atoms with Crippen LogP contribution in [0.2, 0.25) is 0 Å². The lowest BCUT2D eigenvalue weighted by molar-refractivity contribution is 0.1000. The molecule has 0 spiro atoms. The Kier molecular flexibility index (Phi) is 6.91. The maximum Gasteiger partial charge on any atom is 0.251 e. The van der Waals surface area contributed by atoms with Crippen LogP contribution < -0.4 is 5.73 Å². The first kappa shape index (κ1) is 21.3. The number of carbonyl (C=O) groups is 1. The molecule has 3 nitrogen and oxygen atoms in total. The van der Waals surface area contributed by atoms with E-state index in [0.29, 0.717) is 5.56 Å². The number of rotatable bonds is 8. The van der Waals surface area contributed by atoms with Crippen molar-refractivity contribution in [3.63, 3.8) is 0 Å². The van der Waals surface area contributed by atoms with Crippen LogP contribution in [0.25, 0.3) is 11.1 Å². The molecule has 2 rings (SSSR count). The molecule has 0 saturated carbocycles. The van der Waals surface area contributed by atoms with Crippen molar-refractivity contribution < 1.29 is 4.79 Å². The Morgan fingerprint density at radius 2 is 1.63 bits per heavy atom. The summed E-state index contributed by atoms with van der Waals surface area (Å²) in [6.45, 7) is 14.0. The van der Waals surface area contributed by atoms with Gasteiger partial charge in [0.15, 0.2) is 0 Å². The second-order valence-electron chi connectivity index (χ2n) is 8.58. The van der Waals surface area contributed by atoms with E-state index in [1.54, 1.807) is 0 Å². The summed E-state index contributed by atoms with van der Waals surface area (Å²) >= 11 is 0. The minimum Gasteiger partial charge on any atom is -0.366 e. The van der Waals surface area contributed by atoms with Crippen LogP contribution in [0.3, 0.4) is 0 Å². The highest BCUT2D eigenvalue weighted by Crippen LogP contribution is 2.35. The first-order valence-electron chi connectivity index (χ1n) is 10.3. The zero-order valence-corrected chi connectivity index (χ0v) is 18.0. The van der Waals surface area contributed by atoms with E-state index in [4.69, 9.17) is 5.73 Å². The molecule has 1 heterocycles. The molecule has 1 aromatic heterocycles. The second kappa shape index (κ2) is 8.77. The van der Waals surface area contributed by atoms with Crippen molar-refractivity contribution in [2.45, 2.75) is 85.6 Å². The summed E-state index contributed by atoms with van der Waals surface area (Å²) in [4.78, 5) is 12.4. The van der Waals surface area contributed by atoms with Gasteiger partial charge in [0, 0.05) is 23.5 Å². The topological polar surface area (TPSA) is 48.0 Å². The average Bonchev–Trinajstić information content (AvgIpc) is 2.89. The number of nitrogens with two attached hydrogens (primary N) is 1. The molecule has 2 aromatic rings. The molecular weight excluding hydrogens is 332 g/mol. The van der Waals surface area contributed by atoms with E-state index in [1.165, 1.54) is 11.3 Å². The third-order valence-corrected chi connectivity index (χ3v) is 5.42. The molecule has 0 bridgehead atoms. The predicted molar refractivity (Wildman–Crippen MR) is 115 cm³/mol. The second-order valence-corrected chi connectivity index (χ2v) is 8.58. The van der Waals surface area contributed by atoms with Gasteiger partial charge in [0.2, 0.25) is 0 Å². The van der Waals surface area contributed by atoms with Crippen molar-refractivity contribution in [3.05, 3.63) is 46.8 Å². The third-order valence-electron chi connectivity index (χ3n) is 5.42. The van der Waals surface area contributed by atoms with Crippen molar-refractivity contribution in [2.75, 3.05) is 0 Å². The van der Waals surface area contributed by atoms with Crippen LogP contribution in [0, 0.1) is 6.92 Å². The smallest absolute Gasteiger partial charge is 0.251 e. The molecule has 0 aliphatic carbocycles. The van der Waals surface area contributed by atoms with Crippen molar-refractivity contribution in [1.82, 2.24) is 4.57 Å². The summed E-state index contributed by atoms with van der Waals surface area (Å²) in [6.07, 6.45) is 5.46. The monoisotopic (exact) mass is 368 g/mol. The van der Waals surface area contributed by atoms with E-state index < -0.39 is 0 Å². The molecule has 0 aliphatic heterocycles. The van der Waals surface area contributed by atoms with Crippen LogP contribution in [0.4, 0.5) is 0 Å². The molecule has 0 radical (unpaired) electrons. The van der Waals surface area contributed by atoms with Crippen LogP contribution in [0.5, 0.6) is 0 Å². The number of unbranched alkanes of at least 4 members (excludes halogenated alkanes) is 2. The van der Waals surface area contributed by atoms with Crippen LogP contribution in [0.1, 0.15) is 87.6 Å². The Morgan fingerprint density at radius 1 is 1.04 bits per heavy atom. The number of primary amides is 1. The normalized spacial score (nSPS) is 11.8. The van der Waals surface area contributed by atoms with Crippen molar-refractivity contribution in [1.29, 1.82) is 0 Å². The van der Waals surface area contributed by atoms with Gasteiger partial charge in [-0.25, -0.2) is 0 Å². The molecule has 1 amide bonds. The summed E-state index contributed by atoms with van der Waals surface area (Å²) in [6, 6.07) is 8.67. The fraction of sp³-hybridized carbons (Fsp3) is 0.542. The number of hydrogen-bond acceptors (Lipinski definition) is 1. The summed E-state index contributed by atoms with van der Waals surface area (Å²) < 4.78 is 2.34. The zero-order valence-electron chi connectivity index (χ0n) is 18.0. The van der Waals surface area contributed by atoms with Crippen molar-refractivity contribution in [2.24, 2.45) is 5.73 Å². The molecule has 148 valence electrons. The Labute approximate surface area is 165 Å². The van der Waals surface area contributed by atoms with E-state index in [-0.39, 0.29) is 11.3 Å². The van der Waals surface area contributed by atoms with Crippen molar-refractivity contribution in [3.8, 4) is 11.1 Å². The fourth-order valence-corrected chi connectivity index (χ4v) is 3.77. The number of amides is 1. The van der Waals surface area contributed by atoms with Gasteiger partial charge in [0.05, 0.1) is 5.56 Å². The molecule has 1 aromatic carbocycles. The highest BCUT2D eigenvalue weighted by molar-refractivity contribution is 6.02. The van der Waals surface area contributed by atoms with Gasteiger partial charge in [0.1, 0.15) is 0 Å². The number of aromatic nitrogens is 1. The minimum atomic E-state index is -0.324. The van der Waals surface area contributed by atoms with Gasteiger partial charge >= 0.3 is 0 Å². The van der Waals surface area contributed by atoms with Crippen LogP contribution in [-0.2, 0) is 18.4 Å². The zero-order chi connectivity index (χ0) is 20.2. The first-order chi connectivity index (χ1) is 12.7. The highest BCUT2D eigenvalue weighted by atomic mass is 16.1. The van der Waals surface area contributed by atoms with Gasteiger partial charge in [-0.15, -0.1) is 0 Å². The largest absolute Gasteiger partial charge is 0.366 e. The van der Waals surface area contributed by atoms with Gasteiger partial charge in [-0.1, -0.05) is 71.7 Å². The fourth-order valence-electron chi connectivity index (χ4n) is 3.77. The molecule has 0 unspecified atom stereocenters. The Bertz CT molecular complexity index is 776. The molecular formula is C24H36N2O. The number of benzene rings is 1. The standard InChI is InChI=1S/C24H36N2O/c1-7-9-11-20-22(18-12-14-19(15-13-18)24(4,5)6)21(23(25)27)17(3)26(20)16-10-8-2/h12-15H,7-11,16H2,1-6H3,(H2,25,27). The minimum absolute atomic E-state index is 0.110. The van der Waals surface area contributed by atoms with Gasteiger partial charge in [-0.3, -0.25) is 4.79 Å². The maximum absolute atomic E-state index is 12.4. The number of carbonyl (C=O) groups excluding carboxylic acids is 1. The number of nitrogens with zero attached hydrogens (tertiary/aromatic N) is 1.